The molecule has 0 aromatic carbocycles. The molecule has 1 heterocycles. The summed E-state index contributed by atoms with van der Waals surface area (Å²) in [6, 6.07) is 0. The fourth-order valence-corrected chi connectivity index (χ4v) is 2.66. The summed E-state index contributed by atoms with van der Waals surface area (Å²) in [6.45, 7) is 7.79. The molecule has 0 spiro atoms. The second-order valence-electron chi connectivity index (χ2n) is 6.42. The Morgan fingerprint density at radius 3 is 2.58 bits per heavy atom. The van der Waals surface area contributed by atoms with Gasteiger partial charge < -0.3 is 29.1 Å². The predicted octanol–water partition coefficient (Wildman–Crippen LogP) is 0.358. The number of ether oxygens (including phenoxy) is 3. The summed E-state index contributed by atoms with van der Waals surface area (Å²) in [5, 5.41) is 10.1. The van der Waals surface area contributed by atoms with Gasteiger partial charge in [0.1, 0.15) is 6.10 Å². The number of aliphatic hydroxyl groups is 1. The molecule has 142 valence electrons. The van der Waals surface area contributed by atoms with Gasteiger partial charge in [0.25, 0.3) is 5.91 Å². The summed E-state index contributed by atoms with van der Waals surface area (Å²) in [6.07, 6.45) is 1.05. The van der Waals surface area contributed by atoms with Crippen LogP contribution in [-0.4, -0.2) is 99.3 Å². The van der Waals surface area contributed by atoms with E-state index in [1.165, 1.54) is 0 Å². The number of rotatable bonds is 11. The fourth-order valence-electron chi connectivity index (χ4n) is 2.66. The summed E-state index contributed by atoms with van der Waals surface area (Å²) >= 11 is 0. The van der Waals surface area contributed by atoms with Gasteiger partial charge in [-0.05, 0) is 33.7 Å². The lowest BCUT2D eigenvalue weighted by Crippen LogP contribution is -2.42. The van der Waals surface area contributed by atoms with Crippen LogP contribution in [0.15, 0.2) is 0 Å². The molecular weight excluding hydrogens is 312 g/mol. The zero-order valence-electron chi connectivity index (χ0n) is 15.6. The van der Waals surface area contributed by atoms with Crippen LogP contribution >= 0.6 is 0 Å². The molecule has 1 aliphatic heterocycles. The molecule has 7 nitrogen and oxygen atoms in total. The molecule has 0 aromatic rings. The molecule has 2 atom stereocenters. The van der Waals surface area contributed by atoms with Crippen molar-refractivity contribution in [1.82, 2.24) is 9.80 Å². The van der Waals surface area contributed by atoms with Gasteiger partial charge in [-0.3, -0.25) is 4.79 Å². The summed E-state index contributed by atoms with van der Waals surface area (Å²) < 4.78 is 16.3. The van der Waals surface area contributed by atoms with Crippen LogP contribution < -0.4 is 0 Å². The Balaban J connectivity index is 2.17. The van der Waals surface area contributed by atoms with Crippen molar-refractivity contribution in [1.29, 1.82) is 0 Å². The van der Waals surface area contributed by atoms with Crippen LogP contribution in [-0.2, 0) is 19.0 Å². The van der Waals surface area contributed by atoms with E-state index in [4.69, 9.17) is 14.2 Å². The molecule has 1 fully saturated rings. The monoisotopic (exact) mass is 346 g/mol. The molecule has 1 N–H and O–H groups in total. The van der Waals surface area contributed by atoms with E-state index in [0.717, 1.165) is 26.1 Å². The van der Waals surface area contributed by atoms with Gasteiger partial charge in [0.15, 0.2) is 0 Å². The van der Waals surface area contributed by atoms with Crippen molar-refractivity contribution in [3.63, 3.8) is 0 Å². The minimum atomic E-state index is -0.527. The number of carbonyl (C=O) groups excluding carboxylic acids is 1. The molecule has 24 heavy (non-hydrogen) atoms. The van der Waals surface area contributed by atoms with Crippen molar-refractivity contribution in [3.8, 4) is 0 Å². The van der Waals surface area contributed by atoms with Crippen molar-refractivity contribution < 1.29 is 24.1 Å². The lowest BCUT2D eigenvalue weighted by Gasteiger charge is -2.27. The summed E-state index contributed by atoms with van der Waals surface area (Å²) in [5.74, 6) is -0.0198. The zero-order valence-corrected chi connectivity index (χ0v) is 15.6. The highest BCUT2D eigenvalue weighted by Gasteiger charge is 2.19. The van der Waals surface area contributed by atoms with Crippen LogP contribution in [0.5, 0.6) is 0 Å². The molecule has 1 saturated heterocycles. The molecule has 0 aliphatic carbocycles. The van der Waals surface area contributed by atoms with E-state index in [-0.39, 0.29) is 12.0 Å². The standard InChI is InChI=1S/C17H34N2O5/c1-5-23-14(2)17(21)19(4)9-8-18(3)12-15(20)13-24-16-6-10-22-11-7-16/h14-16,20H,5-13H2,1-4H3. The maximum Gasteiger partial charge on any atom is 0.251 e. The number of amides is 1. The first-order valence-corrected chi connectivity index (χ1v) is 8.86. The largest absolute Gasteiger partial charge is 0.389 e. The Morgan fingerprint density at radius 1 is 1.29 bits per heavy atom. The second kappa shape index (κ2) is 11.8. The Labute approximate surface area is 145 Å². The first-order valence-electron chi connectivity index (χ1n) is 8.86. The number of carbonyl (C=O) groups is 1. The van der Waals surface area contributed by atoms with Gasteiger partial charge >= 0.3 is 0 Å². The van der Waals surface area contributed by atoms with Gasteiger partial charge in [0.2, 0.25) is 0 Å². The highest BCUT2D eigenvalue weighted by Crippen LogP contribution is 2.10. The topological polar surface area (TPSA) is 71.5 Å². The predicted molar refractivity (Wildman–Crippen MR) is 92.0 cm³/mol. The smallest absolute Gasteiger partial charge is 0.251 e. The molecule has 0 radical (unpaired) electrons. The van der Waals surface area contributed by atoms with Gasteiger partial charge in [0, 0.05) is 46.5 Å². The van der Waals surface area contributed by atoms with Crippen molar-refractivity contribution >= 4 is 5.91 Å². The van der Waals surface area contributed by atoms with E-state index in [1.807, 2.05) is 18.9 Å². The average molecular weight is 346 g/mol. The first-order chi connectivity index (χ1) is 11.4. The van der Waals surface area contributed by atoms with Crippen LogP contribution in [0.2, 0.25) is 0 Å². The number of likely N-dealkylation sites (N-methyl/N-ethyl adjacent to an activating group) is 2. The molecule has 2 unspecified atom stereocenters. The van der Waals surface area contributed by atoms with E-state index in [1.54, 1.807) is 18.9 Å². The van der Waals surface area contributed by atoms with E-state index in [0.29, 0.717) is 32.8 Å². The third-order valence-corrected chi connectivity index (χ3v) is 4.17. The van der Waals surface area contributed by atoms with Crippen LogP contribution in [0.25, 0.3) is 0 Å². The molecule has 1 amide bonds. The molecule has 7 heteroatoms. The summed E-state index contributed by atoms with van der Waals surface area (Å²) in [7, 11) is 3.71. The minimum Gasteiger partial charge on any atom is -0.389 e. The molecule has 0 aromatic heterocycles. The van der Waals surface area contributed by atoms with E-state index >= 15 is 0 Å². The van der Waals surface area contributed by atoms with Gasteiger partial charge in [0.05, 0.1) is 18.8 Å². The molecule has 1 aliphatic rings. The SMILES string of the molecule is CCOC(C)C(=O)N(C)CCN(C)CC(O)COC1CCOCC1. The average Bonchev–Trinajstić information content (AvgIpc) is 2.58. The Morgan fingerprint density at radius 2 is 1.96 bits per heavy atom. The lowest BCUT2D eigenvalue weighted by molar-refractivity contribution is -0.141. The zero-order chi connectivity index (χ0) is 17.9. The lowest BCUT2D eigenvalue weighted by atomic mass is 10.1. The number of hydrogen-bond donors (Lipinski definition) is 1. The van der Waals surface area contributed by atoms with Crippen molar-refractivity contribution in [2.75, 3.05) is 60.2 Å². The first kappa shape index (κ1) is 21.3. The second-order valence-corrected chi connectivity index (χ2v) is 6.42. The summed E-state index contributed by atoms with van der Waals surface area (Å²) in [4.78, 5) is 15.7. The number of aliphatic hydroxyl groups excluding tert-OH is 1. The molecule has 0 saturated carbocycles. The third-order valence-electron chi connectivity index (χ3n) is 4.17. The van der Waals surface area contributed by atoms with Crippen LogP contribution in [0.4, 0.5) is 0 Å². The van der Waals surface area contributed by atoms with Crippen molar-refractivity contribution in [2.45, 2.75) is 45.0 Å². The Kier molecular flexibility index (Phi) is 10.4. The molecule has 1 rings (SSSR count). The van der Waals surface area contributed by atoms with Gasteiger partial charge in [-0.1, -0.05) is 0 Å². The molecular formula is C17H34N2O5. The maximum absolute atomic E-state index is 12.0. The Bertz CT molecular complexity index is 350. The highest BCUT2D eigenvalue weighted by atomic mass is 16.5. The third kappa shape index (κ3) is 8.39. The maximum atomic E-state index is 12.0. The van der Waals surface area contributed by atoms with Gasteiger partial charge in [-0.2, -0.15) is 0 Å². The molecule has 0 bridgehead atoms. The van der Waals surface area contributed by atoms with Gasteiger partial charge in [-0.25, -0.2) is 0 Å². The van der Waals surface area contributed by atoms with E-state index in [2.05, 4.69) is 0 Å². The van der Waals surface area contributed by atoms with Crippen molar-refractivity contribution in [2.24, 2.45) is 0 Å². The quantitative estimate of drug-likeness (QED) is 0.582. The van der Waals surface area contributed by atoms with E-state index < -0.39 is 12.2 Å². The van der Waals surface area contributed by atoms with Crippen LogP contribution in [0.3, 0.4) is 0 Å². The van der Waals surface area contributed by atoms with Crippen LogP contribution in [0, 0.1) is 0 Å². The number of hydrogen-bond acceptors (Lipinski definition) is 6. The minimum absolute atomic E-state index is 0.0198. The van der Waals surface area contributed by atoms with Crippen LogP contribution in [0.1, 0.15) is 26.7 Å². The van der Waals surface area contributed by atoms with Gasteiger partial charge in [-0.15, -0.1) is 0 Å². The highest BCUT2D eigenvalue weighted by molar-refractivity contribution is 5.80. The van der Waals surface area contributed by atoms with Crippen molar-refractivity contribution in [3.05, 3.63) is 0 Å². The number of nitrogens with zero attached hydrogens (tertiary/aromatic N) is 2. The Hall–Kier alpha value is -0.730. The van der Waals surface area contributed by atoms with E-state index in [9.17, 15) is 9.90 Å². The normalized spacial score (nSPS) is 18.6. The summed E-state index contributed by atoms with van der Waals surface area (Å²) in [5.41, 5.74) is 0. The fraction of sp³-hybridized carbons (Fsp3) is 0.941.